The maximum absolute atomic E-state index is 7.34. The summed E-state index contributed by atoms with van der Waals surface area (Å²) >= 11 is 1.52. The van der Waals surface area contributed by atoms with Crippen molar-refractivity contribution in [3.8, 4) is 10.6 Å². The van der Waals surface area contributed by atoms with Crippen molar-refractivity contribution in [3.63, 3.8) is 0 Å². The molecular formula is C11H11NS. The minimum Gasteiger partial charge on any atom is -0.245 e. The van der Waals surface area contributed by atoms with Crippen LogP contribution in [0.5, 0.6) is 0 Å². The summed E-state index contributed by atoms with van der Waals surface area (Å²) in [6.45, 7) is 2.14. The molecule has 13 heavy (non-hydrogen) atoms. The zero-order valence-electron chi connectivity index (χ0n) is 8.45. The van der Waals surface area contributed by atoms with Crippen LogP contribution < -0.4 is 0 Å². The lowest BCUT2D eigenvalue weighted by molar-refractivity contribution is 1.14. The molecule has 0 unspecified atom stereocenters. The molecule has 0 fully saturated rings. The zero-order chi connectivity index (χ0) is 9.97. The van der Waals surface area contributed by atoms with E-state index in [1.54, 1.807) is 5.38 Å². The van der Waals surface area contributed by atoms with Crippen LogP contribution in [0, 0.1) is 0 Å². The molecule has 0 atom stereocenters. The Morgan fingerprint density at radius 1 is 1.38 bits per heavy atom. The Kier molecular flexibility index (Phi) is 2.07. The van der Waals surface area contributed by atoms with Crippen LogP contribution in [0.2, 0.25) is 0 Å². The van der Waals surface area contributed by atoms with Gasteiger partial charge in [0.2, 0.25) is 0 Å². The van der Waals surface area contributed by atoms with Gasteiger partial charge in [0.25, 0.3) is 0 Å². The van der Waals surface area contributed by atoms with E-state index < -0.39 is 0 Å². The van der Waals surface area contributed by atoms with Gasteiger partial charge in [0.15, 0.2) is 0 Å². The van der Waals surface area contributed by atoms with Crippen LogP contribution in [-0.4, -0.2) is 4.98 Å². The monoisotopic (exact) mass is 190 g/mol. The highest BCUT2D eigenvalue weighted by Crippen LogP contribution is 2.21. The van der Waals surface area contributed by atoms with Crippen molar-refractivity contribution in [3.05, 3.63) is 41.4 Å². The number of thiazole rings is 1. The minimum atomic E-state index is 0.351. The van der Waals surface area contributed by atoms with Crippen LogP contribution >= 0.6 is 11.3 Å². The third-order valence-corrected chi connectivity index (χ3v) is 2.77. The maximum Gasteiger partial charge on any atom is 0.123 e. The Morgan fingerprint density at radius 3 is 2.69 bits per heavy atom. The first kappa shape index (κ1) is 7.27. The molecule has 2 heteroatoms. The smallest absolute Gasteiger partial charge is 0.123 e. The third-order valence-electron chi connectivity index (χ3n) is 2.00. The van der Waals surface area contributed by atoms with Crippen molar-refractivity contribution >= 4 is 11.3 Å². The Labute approximate surface area is 83.5 Å². The summed E-state index contributed by atoms with van der Waals surface area (Å²) in [5.41, 5.74) is 2.43. The van der Waals surface area contributed by atoms with E-state index in [2.05, 4.69) is 36.2 Å². The molecule has 0 radical (unpaired) electrons. The van der Waals surface area contributed by atoms with Gasteiger partial charge in [0.1, 0.15) is 5.01 Å². The van der Waals surface area contributed by atoms with Crippen molar-refractivity contribution < 1.29 is 1.37 Å². The van der Waals surface area contributed by atoms with Gasteiger partial charge in [-0.05, 0) is 12.0 Å². The van der Waals surface area contributed by atoms with Gasteiger partial charge < -0.3 is 0 Å². The van der Waals surface area contributed by atoms with E-state index in [1.165, 1.54) is 16.9 Å². The molecule has 2 aromatic rings. The zero-order valence-corrected chi connectivity index (χ0v) is 8.27. The van der Waals surface area contributed by atoms with Gasteiger partial charge in [0.05, 0.1) is 1.37 Å². The number of rotatable bonds is 2. The van der Waals surface area contributed by atoms with Gasteiger partial charge in [-0.15, -0.1) is 11.3 Å². The van der Waals surface area contributed by atoms with E-state index in [0.29, 0.717) is 6.17 Å². The molecular weight excluding hydrogens is 178 g/mol. The summed E-state index contributed by atoms with van der Waals surface area (Å²) in [6, 6.07) is 8.36. The van der Waals surface area contributed by atoms with Crippen LogP contribution in [0.15, 0.2) is 35.8 Å². The highest BCUT2D eigenvalue weighted by Gasteiger charge is 1.98. The summed E-state index contributed by atoms with van der Waals surface area (Å²) in [5, 5.41) is 2.68. The largest absolute Gasteiger partial charge is 0.245 e. The first-order chi connectivity index (χ1) is 6.79. The predicted molar refractivity (Wildman–Crippen MR) is 56.9 cm³/mol. The van der Waals surface area contributed by atoms with Crippen LogP contribution in [0.25, 0.3) is 10.6 Å². The normalized spacial score (nSPS) is 11.3. The van der Waals surface area contributed by atoms with Crippen molar-refractivity contribution in [1.29, 1.82) is 0 Å². The summed E-state index contributed by atoms with van der Waals surface area (Å²) in [6.07, 6.45) is 1.41. The van der Waals surface area contributed by atoms with Crippen LogP contribution in [0.1, 0.15) is 13.9 Å². The molecule has 0 N–H and O–H groups in total. The lowest BCUT2D eigenvalue weighted by Crippen LogP contribution is -1.79. The molecule has 66 valence electrons. The van der Waals surface area contributed by atoms with Crippen LogP contribution in [0.3, 0.4) is 0 Å². The first-order valence-electron chi connectivity index (χ1n) is 4.81. The summed E-state index contributed by atoms with van der Waals surface area (Å²) in [7, 11) is 0. The number of aryl methyl sites for hydroxylation is 1. The lowest BCUT2D eigenvalue weighted by Gasteiger charge is -1.98. The summed E-state index contributed by atoms with van der Waals surface area (Å²) in [5.74, 6) is 0. The molecule has 0 amide bonds. The topological polar surface area (TPSA) is 12.9 Å². The fourth-order valence-corrected chi connectivity index (χ4v) is 1.80. The second kappa shape index (κ2) is 3.71. The van der Waals surface area contributed by atoms with Crippen LogP contribution in [0.4, 0.5) is 0 Å². The minimum absolute atomic E-state index is 0.351. The number of aromatic nitrogens is 1. The van der Waals surface area contributed by atoms with Gasteiger partial charge >= 0.3 is 0 Å². The predicted octanol–water partition coefficient (Wildman–Crippen LogP) is 3.37. The molecule has 2 rings (SSSR count). The molecule has 0 saturated carbocycles. The molecule has 0 aliphatic rings. The molecule has 1 nitrogen and oxygen atoms in total. The Balaban J connectivity index is 2.33. The third kappa shape index (κ3) is 1.78. The molecule has 1 aromatic carbocycles. The standard InChI is InChI=1S/C11H11NS/c1-2-9-3-5-10(6-4-9)11-12-7-8-13-11/h3-8H,2H2,1H3/i7D. The molecule has 0 saturated heterocycles. The molecule has 1 heterocycles. The van der Waals surface area contributed by atoms with E-state index in [9.17, 15) is 0 Å². The van der Waals surface area contributed by atoms with Gasteiger partial charge in [-0.2, -0.15) is 0 Å². The summed E-state index contributed by atoms with van der Waals surface area (Å²) < 4.78 is 7.34. The second-order valence-electron chi connectivity index (χ2n) is 2.83. The Bertz CT molecular complexity index is 419. The SMILES string of the molecule is [2H]c1csc(-c2ccc(CC)cc2)n1. The second-order valence-corrected chi connectivity index (χ2v) is 3.69. The molecule has 0 aliphatic heterocycles. The molecule has 0 aliphatic carbocycles. The van der Waals surface area contributed by atoms with E-state index in [4.69, 9.17) is 1.37 Å². The molecule has 0 bridgehead atoms. The van der Waals surface area contributed by atoms with Crippen molar-refractivity contribution in [1.82, 2.24) is 4.98 Å². The highest BCUT2D eigenvalue weighted by atomic mass is 32.1. The average molecular weight is 190 g/mol. The lowest BCUT2D eigenvalue weighted by atomic mass is 10.1. The van der Waals surface area contributed by atoms with Gasteiger partial charge in [0, 0.05) is 17.1 Å². The maximum atomic E-state index is 7.34. The van der Waals surface area contributed by atoms with Gasteiger partial charge in [-0.1, -0.05) is 31.2 Å². The highest BCUT2D eigenvalue weighted by molar-refractivity contribution is 7.13. The number of hydrogen-bond acceptors (Lipinski definition) is 2. The summed E-state index contributed by atoms with van der Waals surface area (Å²) in [4.78, 5) is 4.12. The van der Waals surface area contributed by atoms with Gasteiger partial charge in [-0.3, -0.25) is 0 Å². The van der Waals surface area contributed by atoms with Crippen molar-refractivity contribution in [2.75, 3.05) is 0 Å². The van der Waals surface area contributed by atoms with Crippen molar-refractivity contribution in [2.24, 2.45) is 0 Å². The van der Waals surface area contributed by atoms with E-state index in [-0.39, 0.29) is 0 Å². The number of nitrogens with zero attached hydrogens (tertiary/aromatic N) is 1. The van der Waals surface area contributed by atoms with E-state index in [1.807, 2.05) is 0 Å². The Morgan fingerprint density at radius 2 is 2.15 bits per heavy atom. The number of benzene rings is 1. The quantitative estimate of drug-likeness (QED) is 0.707. The van der Waals surface area contributed by atoms with Crippen LogP contribution in [-0.2, 0) is 6.42 Å². The van der Waals surface area contributed by atoms with E-state index >= 15 is 0 Å². The molecule has 1 aromatic heterocycles. The van der Waals surface area contributed by atoms with Crippen molar-refractivity contribution in [2.45, 2.75) is 13.3 Å². The molecule has 0 spiro atoms. The fraction of sp³-hybridized carbons (Fsp3) is 0.182. The fourth-order valence-electron chi connectivity index (χ4n) is 1.21. The Hall–Kier alpha value is -1.15. The number of hydrogen-bond donors (Lipinski definition) is 0. The van der Waals surface area contributed by atoms with E-state index in [0.717, 1.165) is 17.0 Å². The first-order valence-corrected chi connectivity index (χ1v) is 5.19. The van der Waals surface area contributed by atoms with Gasteiger partial charge in [-0.25, -0.2) is 4.98 Å². The average Bonchev–Trinajstić information content (AvgIpc) is 2.65.